The molecule has 2 atom stereocenters. The van der Waals surface area contributed by atoms with E-state index in [4.69, 9.17) is 10.5 Å². The van der Waals surface area contributed by atoms with Gasteiger partial charge in [0.1, 0.15) is 5.54 Å². The van der Waals surface area contributed by atoms with E-state index >= 15 is 0 Å². The Morgan fingerprint density at radius 2 is 2.29 bits per heavy atom. The molecule has 0 aromatic carbocycles. The van der Waals surface area contributed by atoms with Crippen LogP contribution in [-0.4, -0.2) is 30.7 Å². The van der Waals surface area contributed by atoms with Crippen LogP contribution in [0.2, 0.25) is 0 Å². The molecule has 82 valence electrons. The molecule has 0 aromatic heterocycles. The third-order valence-corrected chi connectivity index (χ3v) is 2.84. The molecule has 3 N–H and O–H groups in total. The van der Waals surface area contributed by atoms with Crippen LogP contribution >= 0.6 is 0 Å². The summed E-state index contributed by atoms with van der Waals surface area (Å²) in [5.74, 6) is -0.127. The largest absolute Gasteiger partial charge is 0.381 e. The van der Waals surface area contributed by atoms with E-state index in [2.05, 4.69) is 5.32 Å². The zero-order valence-corrected chi connectivity index (χ0v) is 9.17. The lowest BCUT2D eigenvalue weighted by atomic mass is 9.80. The summed E-state index contributed by atoms with van der Waals surface area (Å²) in [4.78, 5) is 11.5. The minimum atomic E-state index is -0.577. The third-order valence-electron chi connectivity index (χ3n) is 2.84. The summed E-state index contributed by atoms with van der Waals surface area (Å²) in [5, 5.41) is 3.29. The Kier molecular flexibility index (Phi) is 3.50. The molecule has 1 amide bonds. The van der Waals surface area contributed by atoms with Crippen molar-refractivity contribution < 1.29 is 9.53 Å². The van der Waals surface area contributed by atoms with Gasteiger partial charge < -0.3 is 15.8 Å². The van der Waals surface area contributed by atoms with E-state index in [-0.39, 0.29) is 17.9 Å². The molecule has 0 bridgehead atoms. The van der Waals surface area contributed by atoms with Crippen LogP contribution in [0.15, 0.2) is 0 Å². The second-order valence-corrected chi connectivity index (χ2v) is 4.36. The average Bonchev–Trinajstić information content (AvgIpc) is 2.08. The highest BCUT2D eigenvalue weighted by Crippen LogP contribution is 2.26. The number of nitrogens with one attached hydrogen (secondary N) is 1. The molecule has 1 aliphatic heterocycles. The van der Waals surface area contributed by atoms with Crippen LogP contribution in [0, 0.1) is 5.92 Å². The SMILES string of the molecule is CC(C)NC1(C(N)=O)CCOCC1C. The Bertz CT molecular complexity index is 218. The maximum Gasteiger partial charge on any atom is 0.238 e. The molecular formula is C10H20N2O2. The van der Waals surface area contributed by atoms with Crippen molar-refractivity contribution in [1.82, 2.24) is 5.32 Å². The minimum absolute atomic E-state index is 0.135. The van der Waals surface area contributed by atoms with Crippen LogP contribution in [0.1, 0.15) is 27.2 Å². The van der Waals surface area contributed by atoms with Crippen molar-refractivity contribution in [1.29, 1.82) is 0 Å². The maximum absolute atomic E-state index is 11.5. The molecule has 4 heteroatoms. The van der Waals surface area contributed by atoms with Crippen molar-refractivity contribution in [2.45, 2.75) is 38.8 Å². The summed E-state index contributed by atoms with van der Waals surface area (Å²) < 4.78 is 5.32. The zero-order valence-electron chi connectivity index (χ0n) is 9.17. The highest BCUT2D eigenvalue weighted by atomic mass is 16.5. The minimum Gasteiger partial charge on any atom is -0.381 e. The molecule has 0 aliphatic carbocycles. The molecule has 4 nitrogen and oxygen atoms in total. The highest BCUT2D eigenvalue weighted by Gasteiger charge is 2.44. The fourth-order valence-electron chi connectivity index (χ4n) is 2.05. The van der Waals surface area contributed by atoms with Crippen LogP contribution in [0.4, 0.5) is 0 Å². The Balaban J connectivity index is 2.83. The molecule has 0 aromatic rings. The molecule has 1 aliphatic rings. The first-order valence-electron chi connectivity index (χ1n) is 5.14. The van der Waals surface area contributed by atoms with Gasteiger partial charge in [-0.3, -0.25) is 4.79 Å². The first-order chi connectivity index (χ1) is 6.49. The van der Waals surface area contributed by atoms with Crippen molar-refractivity contribution in [2.75, 3.05) is 13.2 Å². The Hall–Kier alpha value is -0.610. The van der Waals surface area contributed by atoms with Gasteiger partial charge in [0, 0.05) is 18.6 Å². The van der Waals surface area contributed by atoms with Crippen LogP contribution in [0.5, 0.6) is 0 Å². The van der Waals surface area contributed by atoms with E-state index < -0.39 is 5.54 Å². The van der Waals surface area contributed by atoms with E-state index in [1.807, 2.05) is 20.8 Å². The zero-order chi connectivity index (χ0) is 10.8. The van der Waals surface area contributed by atoms with E-state index in [0.717, 1.165) is 0 Å². The predicted octanol–water partition coefficient (Wildman–Crippen LogP) is 0.265. The summed E-state index contributed by atoms with van der Waals surface area (Å²) in [5.41, 5.74) is 4.91. The van der Waals surface area contributed by atoms with Crippen LogP contribution in [0.3, 0.4) is 0 Å². The number of ether oxygens (including phenoxy) is 1. The number of nitrogens with two attached hydrogens (primary N) is 1. The van der Waals surface area contributed by atoms with Gasteiger partial charge in [0.25, 0.3) is 0 Å². The standard InChI is InChI=1S/C10H20N2O2/c1-7(2)12-10(9(11)13)4-5-14-6-8(10)3/h7-8,12H,4-6H2,1-3H3,(H2,11,13). The smallest absolute Gasteiger partial charge is 0.238 e. The fraction of sp³-hybridized carbons (Fsp3) is 0.900. The van der Waals surface area contributed by atoms with Gasteiger partial charge in [0.2, 0.25) is 5.91 Å². The van der Waals surface area contributed by atoms with E-state index in [0.29, 0.717) is 19.6 Å². The summed E-state index contributed by atoms with van der Waals surface area (Å²) in [7, 11) is 0. The molecule has 1 saturated heterocycles. The van der Waals surface area contributed by atoms with Crippen molar-refractivity contribution >= 4 is 5.91 Å². The Morgan fingerprint density at radius 3 is 2.71 bits per heavy atom. The van der Waals surface area contributed by atoms with Gasteiger partial charge in [-0.05, 0) is 20.3 Å². The third kappa shape index (κ3) is 2.07. The second kappa shape index (κ2) is 4.28. The molecule has 0 saturated carbocycles. The maximum atomic E-state index is 11.5. The first-order valence-corrected chi connectivity index (χ1v) is 5.14. The Morgan fingerprint density at radius 1 is 1.64 bits per heavy atom. The van der Waals surface area contributed by atoms with E-state index in [9.17, 15) is 4.79 Å². The predicted molar refractivity (Wildman–Crippen MR) is 54.8 cm³/mol. The van der Waals surface area contributed by atoms with Crippen molar-refractivity contribution in [3.63, 3.8) is 0 Å². The molecule has 14 heavy (non-hydrogen) atoms. The topological polar surface area (TPSA) is 64.3 Å². The van der Waals surface area contributed by atoms with Gasteiger partial charge in [-0.15, -0.1) is 0 Å². The molecular weight excluding hydrogens is 180 g/mol. The Labute approximate surface area is 85.2 Å². The van der Waals surface area contributed by atoms with E-state index in [1.165, 1.54) is 0 Å². The van der Waals surface area contributed by atoms with Crippen molar-refractivity contribution in [3.8, 4) is 0 Å². The normalized spacial score (nSPS) is 33.3. The molecule has 1 heterocycles. The highest BCUT2D eigenvalue weighted by molar-refractivity contribution is 5.85. The quantitative estimate of drug-likeness (QED) is 0.687. The van der Waals surface area contributed by atoms with Gasteiger partial charge in [0.05, 0.1) is 6.61 Å². The van der Waals surface area contributed by atoms with Crippen molar-refractivity contribution in [2.24, 2.45) is 11.7 Å². The van der Waals surface area contributed by atoms with Gasteiger partial charge in [-0.1, -0.05) is 6.92 Å². The summed E-state index contributed by atoms with van der Waals surface area (Å²) in [6.07, 6.45) is 0.668. The van der Waals surface area contributed by atoms with Gasteiger partial charge in [-0.2, -0.15) is 0 Å². The molecule has 0 radical (unpaired) electrons. The number of hydrogen-bond acceptors (Lipinski definition) is 3. The van der Waals surface area contributed by atoms with Crippen molar-refractivity contribution in [3.05, 3.63) is 0 Å². The lowest BCUT2D eigenvalue weighted by molar-refractivity contribution is -0.132. The van der Waals surface area contributed by atoms with Crippen LogP contribution in [0.25, 0.3) is 0 Å². The summed E-state index contributed by atoms with van der Waals surface area (Å²) >= 11 is 0. The summed E-state index contributed by atoms with van der Waals surface area (Å²) in [6.45, 7) is 7.24. The second-order valence-electron chi connectivity index (χ2n) is 4.36. The van der Waals surface area contributed by atoms with Crippen LogP contribution < -0.4 is 11.1 Å². The lowest BCUT2D eigenvalue weighted by Crippen LogP contribution is -2.64. The number of carbonyl (C=O) groups excluding carboxylic acids is 1. The number of hydrogen-bond donors (Lipinski definition) is 2. The lowest BCUT2D eigenvalue weighted by Gasteiger charge is -2.41. The van der Waals surface area contributed by atoms with Gasteiger partial charge >= 0.3 is 0 Å². The monoisotopic (exact) mass is 200 g/mol. The molecule has 1 rings (SSSR count). The molecule has 0 spiro atoms. The van der Waals surface area contributed by atoms with Crippen LogP contribution in [-0.2, 0) is 9.53 Å². The first kappa shape index (κ1) is 11.5. The number of carbonyl (C=O) groups is 1. The fourth-order valence-corrected chi connectivity index (χ4v) is 2.05. The van der Waals surface area contributed by atoms with Gasteiger partial charge in [0.15, 0.2) is 0 Å². The number of rotatable bonds is 3. The molecule has 1 fully saturated rings. The average molecular weight is 200 g/mol. The van der Waals surface area contributed by atoms with E-state index in [1.54, 1.807) is 0 Å². The van der Waals surface area contributed by atoms with Gasteiger partial charge in [-0.25, -0.2) is 0 Å². The summed E-state index contributed by atoms with van der Waals surface area (Å²) in [6, 6.07) is 0.253. The number of primary amides is 1. The number of amides is 1. The molecule has 2 unspecified atom stereocenters.